The smallest absolute Gasteiger partial charge is 0.246 e. The highest BCUT2D eigenvalue weighted by atomic mass is 16.3. The van der Waals surface area contributed by atoms with Gasteiger partial charge in [-0.3, -0.25) is 4.79 Å². The first-order valence-corrected chi connectivity index (χ1v) is 10.5. The van der Waals surface area contributed by atoms with E-state index >= 15 is 0 Å². The summed E-state index contributed by atoms with van der Waals surface area (Å²) in [6.07, 6.45) is 3.58. The number of aliphatic hydroxyl groups is 1. The lowest BCUT2D eigenvalue weighted by atomic mass is 9.84. The van der Waals surface area contributed by atoms with Gasteiger partial charge in [-0.05, 0) is 41.5 Å². The van der Waals surface area contributed by atoms with Gasteiger partial charge in [-0.15, -0.1) is 0 Å². The maximum absolute atomic E-state index is 13.1. The summed E-state index contributed by atoms with van der Waals surface area (Å²) in [4.78, 5) is 14.9. The van der Waals surface area contributed by atoms with Gasteiger partial charge in [-0.2, -0.15) is 0 Å². The number of likely N-dealkylation sites (tertiary alicyclic amines) is 1. The number of piperidine rings is 1. The number of benzene rings is 3. The van der Waals surface area contributed by atoms with Crippen molar-refractivity contribution in [2.24, 2.45) is 0 Å². The van der Waals surface area contributed by atoms with Gasteiger partial charge < -0.3 is 10.0 Å². The van der Waals surface area contributed by atoms with Gasteiger partial charge in [-0.1, -0.05) is 91.0 Å². The zero-order valence-corrected chi connectivity index (χ0v) is 17.1. The Labute approximate surface area is 178 Å². The number of carbonyl (C=O) groups excluding carboxylic acids is 1. The van der Waals surface area contributed by atoms with Crippen molar-refractivity contribution in [2.75, 3.05) is 13.1 Å². The molecule has 1 heterocycles. The number of amides is 1. The molecule has 1 aliphatic rings. The van der Waals surface area contributed by atoms with E-state index in [2.05, 4.69) is 12.1 Å². The van der Waals surface area contributed by atoms with Crippen LogP contribution in [-0.4, -0.2) is 29.0 Å². The van der Waals surface area contributed by atoms with Gasteiger partial charge in [0.25, 0.3) is 0 Å². The topological polar surface area (TPSA) is 40.5 Å². The number of hydrogen-bond acceptors (Lipinski definition) is 2. The van der Waals surface area contributed by atoms with E-state index in [-0.39, 0.29) is 5.91 Å². The van der Waals surface area contributed by atoms with Crippen molar-refractivity contribution in [1.82, 2.24) is 4.90 Å². The van der Waals surface area contributed by atoms with Gasteiger partial charge in [-0.25, -0.2) is 0 Å². The van der Waals surface area contributed by atoms with Gasteiger partial charge in [0.2, 0.25) is 5.91 Å². The Morgan fingerprint density at radius 2 is 1.37 bits per heavy atom. The van der Waals surface area contributed by atoms with Crippen molar-refractivity contribution in [3.63, 3.8) is 0 Å². The molecule has 1 saturated heterocycles. The molecule has 0 saturated carbocycles. The molecule has 0 spiro atoms. The third-order valence-corrected chi connectivity index (χ3v) is 5.89. The first-order chi connectivity index (χ1) is 14.6. The molecule has 4 rings (SSSR count). The van der Waals surface area contributed by atoms with Gasteiger partial charge in [0, 0.05) is 19.2 Å². The van der Waals surface area contributed by atoms with E-state index in [1.165, 1.54) is 5.56 Å². The maximum Gasteiger partial charge on any atom is 0.246 e. The van der Waals surface area contributed by atoms with E-state index in [1.807, 2.05) is 83.8 Å². The van der Waals surface area contributed by atoms with E-state index in [4.69, 9.17) is 0 Å². The molecule has 3 aromatic carbocycles. The molecule has 152 valence electrons. The van der Waals surface area contributed by atoms with Crippen LogP contribution in [0, 0.1) is 0 Å². The largest absolute Gasteiger partial charge is 0.385 e. The molecule has 1 fully saturated rings. The summed E-state index contributed by atoms with van der Waals surface area (Å²) >= 11 is 0. The van der Waals surface area contributed by atoms with E-state index in [1.54, 1.807) is 6.08 Å². The van der Waals surface area contributed by atoms with Crippen LogP contribution in [0.15, 0.2) is 97.1 Å². The second-order valence-electron chi connectivity index (χ2n) is 7.92. The summed E-state index contributed by atoms with van der Waals surface area (Å²) in [6, 6.07) is 30.1. The van der Waals surface area contributed by atoms with E-state index in [0.29, 0.717) is 32.4 Å². The average molecular weight is 398 g/mol. The van der Waals surface area contributed by atoms with Gasteiger partial charge in [0.15, 0.2) is 0 Å². The predicted octanol–water partition coefficient (Wildman–Crippen LogP) is 4.82. The SMILES string of the molecule is O=C(/C=C(/Cc1ccccc1)c1ccccc1)N1CCC(O)(c2ccccc2)CC1. The number of allylic oxidation sites excluding steroid dienone is 1. The predicted molar refractivity (Wildman–Crippen MR) is 121 cm³/mol. The highest BCUT2D eigenvalue weighted by molar-refractivity contribution is 5.95. The normalized spacial score (nSPS) is 16.3. The van der Waals surface area contributed by atoms with Crippen LogP contribution in [0.5, 0.6) is 0 Å². The van der Waals surface area contributed by atoms with Crippen molar-refractivity contribution in [2.45, 2.75) is 24.9 Å². The van der Waals surface area contributed by atoms with Gasteiger partial charge in [0.05, 0.1) is 5.60 Å². The molecule has 0 radical (unpaired) electrons. The maximum atomic E-state index is 13.1. The molecule has 0 aliphatic carbocycles. The van der Waals surface area contributed by atoms with Crippen LogP contribution in [-0.2, 0) is 16.8 Å². The second-order valence-corrected chi connectivity index (χ2v) is 7.92. The molecular formula is C27H27NO2. The van der Waals surface area contributed by atoms with Gasteiger partial charge in [0.1, 0.15) is 0 Å². The van der Waals surface area contributed by atoms with Crippen molar-refractivity contribution in [3.05, 3.63) is 114 Å². The van der Waals surface area contributed by atoms with Crippen LogP contribution in [0.1, 0.15) is 29.5 Å². The molecule has 1 N–H and O–H groups in total. The molecule has 30 heavy (non-hydrogen) atoms. The summed E-state index contributed by atoms with van der Waals surface area (Å²) in [5.41, 5.74) is 3.33. The van der Waals surface area contributed by atoms with E-state index in [0.717, 1.165) is 16.7 Å². The minimum absolute atomic E-state index is 0.0138. The van der Waals surface area contributed by atoms with Crippen LogP contribution in [0.4, 0.5) is 0 Å². The fourth-order valence-corrected chi connectivity index (χ4v) is 4.08. The standard InChI is InChI=1S/C27H27NO2/c29-26(28-18-16-27(30,17-19-28)25-14-8-3-9-15-25)21-24(23-12-6-2-7-13-23)20-22-10-4-1-5-11-22/h1-15,21,30H,16-20H2/b24-21-. The summed E-state index contributed by atoms with van der Waals surface area (Å²) in [5, 5.41) is 11.0. The monoisotopic (exact) mass is 397 g/mol. The Balaban J connectivity index is 1.50. The zero-order chi connectivity index (χ0) is 20.8. The number of nitrogens with zero attached hydrogens (tertiary/aromatic N) is 1. The Morgan fingerprint density at radius 1 is 0.833 bits per heavy atom. The number of hydrogen-bond donors (Lipinski definition) is 1. The molecule has 0 unspecified atom stereocenters. The molecular weight excluding hydrogens is 370 g/mol. The first kappa shape index (κ1) is 20.1. The van der Waals surface area contributed by atoms with Gasteiger partial charge >= 0.3 is 0 Å². The van der Waals surface area contributed by atoms with Crippen LogP contribution < -0.4 is 0 Å². The Kier molecular flexibility index (Phi) is 6.10. The molecule has 3 nitrogen and oxygen atoms in total. The molecule has 3 heteroatoms. The third kappa shape index (κ3) is 4.69. The van der Waals surface area contributed by atoms with Crippen LogP contribution >= 0.6 is 0 Å². The van der Waals surface area contributed by atoms with Crippen molar-refractivity contribution < 1.29 is 9.90 Å². The molecule has 1 amide bonds. The third-order valence-electron chi connectivity index (χ3n) is 5.89. The van der Waals surface area contributed by atoms with Crippen LogP contribution in [0.2, 0.25) is 0 Å². The highest BCUT2D eigenvalue weighted by Crippen LogP contribution is 2.33. The molecule has 1 aliphatic heterocycles. The Bertz CT molecular complexity index is 989. The van der Waals surface area contributed by atoms with E-state index in [9.17, 15) is 9.90 Å². The quantitative estimate of drug-likeness (QED) is 0.627. The first-order valence-electron chi connectivity index (χ1n) is 10.5. The van der Waals surface area contributed by atoms with Crippen molar-refractivity contribution in [1.29, 1.82) is 0 Å². The van der Waals surface area contributed by atoms with Crippen LogP contribution in [0.3, 0.4) is 0 Å². The number of rotatable bonds is 5. The summed E-state index contributed by atoms with van der Waals surface area (Å²) in [7, 11) is 0. The summed E-state index contributed by atoms with van der Waals surface area (Å²) in [5.74, 6) is 0.0138. The lowest BCUT2D eigenvalue weighted by molar-refractivity contribution is -0.130. The fraction of sp³-hybridized carbons (Fsp3) is 0.222. The Hall–Kier alpha value is -3.17. The molecule has 0 bridgehead atoms. The van der Waals surface area contributed by atoms with E-state index < -0.39 is 5.60 Å². The summed E-state index contributed by atoms with van der Waals surface area (Å²) < 4.78 is 0. The number of carbonyl (C=O) groups is 1. The minimum Gasteiger partial charge on any atom is -0.385 e. The highest BCUT2D eigenvalue weighted by Gasteiger charge is 2.34. The fourth-order valence-electron chi connectivity index (χ4n) is 4.08. The lowest BCUT2D eigenvalue weighted by Gasteiger charge is -2.38. The average Bonchev–Trinajstić information content (AvgIpc) is 2.81. The lowest BCUT2D eigenvalue weighted by Crippen LogP contribution is -2.44. The zero-order valence-electron chi connectivity index (χ0n) is 17.1. The second kappa shape index (κ2) is 9.10. The summed E-state index contributed by atoms with van der Waals surface area (Å²) in [6.45, 7) is 1.10. The molecule has 0 atom stereocenters. The Morgan fingerprint density at radius 3 is 1.97 bits per heavy atom. The molecule has 3 aromatic rings. The van der Waals surface area contributed by atoms with Crippen LogP contribution in [0.25, 0.3) is 5.57 Å². The van der Waals surface area contributed by atoms with Crippen molar-refractivity contribution >= 4 is 11.5 Å². The molecule has 0 aromatic heterocycles. The van der Waals surface area contributed by atoms with Crippen molar-refractivity contribution in [3.8, 4) is 0 Å². The minimum atomic E-state index is -0.853.